The second-order valence-corrected chi connectivity index (χ2v) is 7.48. The Morgan fingerprint density at radius 1 is 0.556 bits per heavy atom. The number of hydrogen-bond donors (Lipinski definition) is 0. The summed E-state index contributed by atoms with van der Waals surface area (Å²) in [5.41, 5.74) is 7.47. The zero-order chi connectivity index (χ0) is 17.8. The molecule has 126 valence electrons. The van der Waals surface area contributed by atoms with E-state index in [-0.39, 0.29) is 0 Å². The Morgan fingerprint density at radius 3 is 2.04 bits per heavy atom. The van der Waals surface area contributed by atoms with Crippen LogP contribution in [0.25, 0.3) is 55.0 Å². The van der Waals surface area contributed by atoms with Crippen molar-refractivity contribution < 1.29 is 0 Å². The Morgan fingerprint density at radius 2 is 1.22 bits per heavy atom. The monoisotopic (exact) mass is 362 g/mol. The van der Waals surface area contributed by atoms with E-state index >= 15 is 0 Å². The molecule has 1 heterocycles. The minimum absolute atomic E-state index is 0.794. The molecule has 0 aliphatic heterocycles. The predicted molar refractivity (Wildman–Crippen MR) is 113 cm³/mol. The number of fused-ring (bicyclic) bond motifs is 3. The molecule has 0 unspecified atom stereocenters. The number of hydrogen-bond acceptors (Lipinski definition) is 3. The smallest absolute Gasteiger partial charge is 0.173 e. The first-order chi connectivity index (χ1) is 13.4. The summed E-state index contributed by atoms with van der Waals surface area (Å²) < 4.78 is 4.60. The van der Waals surface area contributed by atoms with Gasteiger partial charge >= 0.3 is 0 Å². The highest BCUT2D eigenvalue weighted by Gasteiger charge is 2.23. The Balaban J connectivity index is 1.58. The molecule has 0 spiro atoms. The van der Waals surface area contributed by atoms with E-state index in [4.69, 9.17) is 4.98 Å². The molecule has 4 aromatic carbocycles. The Bertz CT molecular complexity index is 1290. The summed E-state index contributed by atoms with van der Waals surface area (Å²) in [4.78, 5) is 4.84. The van der Waals surface area contributed by atoms with Gasteiger partial charge in [-0.05, 0) is 44.6 Å². The van der Waals surface area contributed by atoms with Crippen molar-refractivity contribution in [1.82, 2.24) is 9.36 Å². The quantitative estimate of drug-likeness (QED) is 0.344. The van der Waals surface area contributed by atoms with Crippen LogP contribution in [-0.2, 0) is 0 Å². The molecule has 1 aromatic heterocycles. The summed E-state index contributed by atoms with van der Waals surface area (Å²) >= 11 is 1.47. The normalized spacial score (nSPS) is 11.7. The van der Waals surface area contributed by atoms with Crippen molar-refractivity contribution in [3.8, 4) is 44.2 Å². The van der Waals surface area contributed by atoms with E-state index in [1.807, 2.05) is 18.2 Å². The molecule has 0 amide bonds. The van der Waals surface area contributed by atoms with Gasteiger partial charge in [0.05, 0.1) is 0 Å². The summed E-state index contributed by atoms with van der Waals surface area (Å²) in [7, 11) is 0. The minimum Gasteiger partial charge on any atom is -0.215 e. The molecule has 0 saturated carbocycles. The lowest BCUT2D eigenvalue weighted by atomic mass is 9.99. The second-order valence-electron chi connectivity index (χ2n) is 6.72. The highest BCUT2D eigenvalue weighted by molar-refractivity contribution is 7.09. The lowest BCUT2D eigenvalue weighted by molar-refractivity contribution is 1.33. The maximum Gasteiger partial charge on any atom is 0.173 e. The molecule has 5 aromatic rings. The van der Waals surface area contributed by atoms with Gasteiger partial charge in [-0.15, -0.1) is 0 Å². The van der Waals surface area contributed by atoms with Crippen molar-refractivity contribution in [3.63, 3.8) is 0 Å². The van der Waals surface area contributed by atoms with Gasteiger partial charge in [0, 0.05) is 11.1 Å². The van der Waals surface area contributed by atoms with Gasteiger partial charge in [0.15, 0.2) is 5.82 Å². The Labute approximate surface area is 160 Å². The maximum atomic E-state index is 4.84. The van der Waals surface area contributed by atoms with Crippen LogP contribution < -0.4 is 0 Å². The van der Waals surface area contributed by atoms with Crippen LogP contribution in [0, 0.1) is 0 Å². The summed E-state index contributed by atoms with van der Waals surface area (Å²) in [5, 5.41) is 3.54. The molecule has 6 rings (SSSR count). The molecule has 0 N–H and O–H groups in total. The summed E-state index contributed by atoms with van der Waals surface area (Å²) in [6.07, 6.45) is 0. The van der Waals surface area contributed by atoms with Crippen LogP contribution in [-0.4, -0.2) is 9.36 Å². The number of nitrogens with zero attached hydrogens (tertiary/aromatic N) is 2. The van der Waals surface area contributed by atoms with Crippen molar-refractivity contribution in [2.24, 2.45) is 0 Å². The van der Waals surface area contributed by atoms with Crippen LogP contribution in [0.1, 0.15) is 0 Å². The van der Waals surface area contributed by atoms with Gasteiger partial charge in [0.25, 0.3) is 0 Å². The van der Waals surface area contributed by atoms with Crippen LogP contribution in [0.5, 0.6) is 0 Å². The Hall–Kier alpha value is -3.30. The highest BCUT2D eigenvalue weighted by Crippen LogP contribution is 2.49. The molecule has 1 aliphatic rings. The first-order valence-corrected chi connectivity index (χ1v) is 9.72. The van der Waals surface area contributed by atoms with Gasteiger partial charge in [0.2, 0.25) is 0 Å². The van der Waals surface area contributed by atoms with E-state index in [0.29, 0.717) is 0 Å². The fourth-order valence-corrected chi connectivity index (χ4v) is 4.76. The predicted octanol–water partition coefficient (Wildman–Crippen LogP) is 6.67. The van der Waals surface area contributed by atoms with E-state index in [1.54, 1.807) is 0 Å². The lowest BCUT2D eigenvalue weighted by Gasteiger charge is -2.06. The molecule has 27 heavy (non-hydrogen) atoms. The van der Waals surface area contributed by atoms with Crippen molar-refractivity contribution in [3.05, 3.63) is 84.9 Å². The molecule has 0 saturated heterocycles. The second kappa shape index (κ2) is 5.60. The van der Waals surface area contributed by atoms with Crippen molar-refractivity contribution >= 4 is 22.3 Å². The topological polar surface area (TPSA) is 25.8 Å². The first kappa shape index (κ1) is 14.8. The lowest BCUT2D eigenvalue weighted by Crippen LogP contribution is -1.84. The van der Waals surface area contributed by atoms with E-state index in [9.17, 15) is 0 Å². The van der Waals surface area contributed by atoms with Gasteiger partial charge in [-0.25, -0.2) is 4.98 Å². The number of aromatic nitrogens is 2. The van der Waals surface area contributed by atoms with E-state index in [1.165, 1.54) is 44.6 Å². The minimum atomic E-state index is 0.794. The standard InChI is InChI=1S/C24H14N2S/c1-2-7-15(8-3-1)23-25-24(27-26-23)21-14-13-20-17-10-5-4-9-16(17)18-11-6-12-19(21)22(18)20/h1-14H. The van der Waals surface area contributed by atoms with Crippen LogP contribution in [0.4, 0.5) is 0 Å². The van der Waals surface area contributed by atoms with Gasteiger partial charge in [0.1, 0.15) is 5.01 Å². The van der Waals surface area contributed by atoms with Gasteiger partial charge in [-0.3, -0.25) is 0 Å². The van der Waals surface area contributed by atoms with E-state index in [0.717, 1.165) is 22.0 Å². The van der Waals surface area contributed by atoms with E-state index in [2.05, 4.69) is 71.1 Å². The summed E-state index contributed by atoms with van der Waals surface area (Å²) in [6.45, 7) is 0. The zero-order valence-corrected chi connectivity index (χ0v) is 15.2. The highest BCUT2D eigenvalue weighted by atomic mass is 32.1. The van der Waals surface area contributed by atoms with Crippen LogP contribution in [0.15, 0.2) is 84.9 Å². The fourth-order valence-electron chi connectivity index (χ4n) is 4.03. The third-order valence-corrected chi connectivity index (χ3v) is 5.98. The average molecular weight is 362 g/mol. The maximum absolute atomic E-state index is 4.84. The van der Waals surface area contributed by atoms with Crippen LogP contribution in [0.2, 0.25) is 0 Å². The molecule has 3 heteroatoms. The molecular weight excluding hydrogens is 348 g/mol. The average Bonchev–Trinajstić information content (AvgIpc) is 3.35. The molecular formula is C24H14N2S. The number of benzene rings is 4. The zero-order valence-electron chi connectivity index (χ0n) is 14.4. The number of rotatable bonds is 2. The third kappa shape index (κ3) is 2.12. The summed E-state index contributed by atoms with van der Waals surface area (Å²) in [5.74, 6) is 0.794. The van der Waals surface area contributed by atoms with Crippen LogP contribution in [0.3, 0.4) is 0 Å². The summed E-state index contributed by atoms with van der Waals surface area (Å²) in [6, 6.07) is 29.8. The molecule has 2 nitrogen and oxygen atoms in total. The third-order valence-electron chi connectivity index (χ3n) is 5.24. The van der Waals surface area contributed by atoms with Gasteiger partial charge in [-0.2, -0.15) is 4.37 Å². The molecule has 0 atom stereocenters. The van der Waals surface area contributed by atoms with Gasteiger partial charge < -0.3 is 0 Å². The SMILES string of the molecule is c1ccc(-c2nsc(-c3ccc4c5c(cccc35)-c3ccccc3-4)n2)cc1. The Kier molecular flexibility index (Phi) is 3.07. The molecule has 0 bridgehead atoms. The van der Waals surface area contributed by atoms with Crippen LogP contribution >= 0.6 is 11.5 Å². The first-order valence-electron chi connectivity index (χ1n) is 8.95. The molecule has 0 radical (unpaired) electrons. The molecule has 0 fully saturated rings. The molecule has 1 aliphatic carbocycles. The fraction of sp³-hybridized carbons (Fsp3) is 0. The van der Waals surface area contributed by atoms with Gasteiger partial charge in [-0.1, -0.05) is 84.9 Å². The van der Waals surface area contributed by atoms with Crippen molar-refractivity contribution in [2.75, 3.05) is 0 Å². The largest absolute Gasteiger partial charge is 0.215 e. The van der Waals surface area contributed by atoms with Crippen molar-refractivity contribution in [2.45, 2.75) is 0 Å². The van der Waals surface area contributed by atoms with Crippen molar-refractivity contribution in [1.29, 1.82) is 0 Å². The van der Waals surface area contributed by atoms with E-state index < -0.39 is 0 Å².